The molecule has 40 valence electrons. The molecule has 0 aliphatic heterocycles. The third-order valence-corrected chi connectivity index (χ3v) is 3.34. The number of rotatable bonds is 0. The first-order chi connectivity index (χ1) is 3.07. The van der Waals surface area contributed by atoms with Crippen LogP contribution in [0.1, 0.15) is 20.8 Å². The number of allylic oxidation sites excluding steroid dienone is 2. The molecular weight excluding hydrogens is 152 g/mol. The minimum absolute atomic E-state index is 0.417. The van der Waals surface area contributed by atoms with Gasteiger partial charge in [-0.25, -0.2) is 0 Å². The van der Waals surface area contributed by atoms with Gasteiger partial charge in [-0.3, -0.25) is 0 Å². The van der Waals surface area contributed by atoms with Crippen LogP contribution < -0.4 is 0 Å². The summed E-state index contributed by atoms with van der Waals surface area (Å²) in [5.74, 6) is 0. The van der Waals surface area contributed by atoms with E-state index in [2.05, 4.69) is 36.7 Å². The van der Waals surface area contributed by atoms with Crippen LogP contribution in [0.4, 0.5) is 0 Å². The van der Waals surface area contributed by atoms with Gasteiger partial charge in [0.05, 0.1) is 0 Å². The molecule has 0 nitrogen and oxygen atoms in total. The zero-order chi connectivity index (χ0) is 5.65. The van der Waals surface area contributed by atoms with Crippen LogP contribution in [0.3, 0.4) is 0 Å². The molecular formula is C6H9Br. The fraction of sp³-hybridized carbons (Fsp3) is 0.667. The molecule has 7 heavy (non-hydrogen) atoms. The lowest BCUT2D eigenvalue weighted by Crippen LogP contribution is -1.87. The van der Waals surface area contributed by atoms with E-state index < -0.39 is 0 Å². The van der Waals surface area contributed by atoms with Crippen molar-refractivity contribution in [2.24, 2.45) is 5.41 Å². The maximum absolute atomic E-state index is 3.45. The molecule has 0 atom stereocenters. The molecule has 0 N–H and O–H groups in total. The molecule has 0 amide bonds. The first-order valence-electron chi connectivity index (χ1n) is 2.44. The molecule has 0 aromatic carbocycles. The van der Waals surface area contributed by atoms with Crippen molar-refractivity contribution in [1.82, 2.24) is 0 Å². The number of halogens is 1. The molecule has 0 radical (unpaired) electrons. The molecule has 0 saturated heterocycles. The molecule has 0 heterocycles. The Labute approximate surface area is 52.7 Å². The van der Waals surface area contributed by atoms with Gasteiger partial charge in [-0.2, -0.15) is 0 Å². The van der Waals surface area contributed by atoms with Crippen LogP contribution in [0.15, 0.2) is 10.1 Å². The zero-order valence-electron chi connectivity index (χ0n) is 4.88. The smallest absolute Gasteiger partial charge is 0.0179 e. The van der Waals surface area contributed by atoms with Gasteiger partial charge in [0.1, 0.15) is 0 Å². The van der Waals surface area contributed by atoms with Gasteiger partial charge in [-0.05, 0) is 6.92 Å². The second-order valence-electron chi connectivity index (χ2n) is 2.56. The fourth-order valence-electron chi connectivity index (χ4n) is 0.603. The molecule has 1 heteroatoms. The molecule has 0 unspecified atom stereocenters. The van der Waals surface area contributed by atoms with Gasteiger partial charge in [-0.15, -0.1) is 0 Å². The van der Waals surface area contributed by atoms with Crippen molar-refractivity contribution >= 4 is 15.9 Å². The van der Waals surface area contributed by atoms with Gasteiger partial charge in [-0.1, -0.05) is 35.4 Å². The summed E-state index contributed by atoms with van der Waals surface area (Å²) in [5, 5.41) is 0. The minimum atomic E-state index is 0.417. The van der Waals surface area contributed by atoms with Crippen LogP contribution in [-0.4, -0.2) is 0 Å². The highest BCUT2D eigenvalue weighted by Gasteiger charge is 2.39. The summed E-state index contributed by atoms with van der Waals surface area (Å²) in [6.45, 7) is 6.59. The molecule has 0 saturated carbocycles. The second-order valence-corrected chi connectivity index (χ2v) is 3.36. The quantitative estimate of drug-likeness (QED) is 0.512. The fourth-order valence-corrected chi connectivity index (χ4v) is 1.30. The monoisotopic (exact) mass is 160 g/mol. The first kappa shape index (κ1) is 5.36. The predicted octanol–water partition coefficient (Wildman–Crippen LogP) is 2.70. The van der Waals surface area contributed by atoms with Crippen LogP contribution >= 0.6 is 15.9 Å². The third kappa shape index (κ3) is 0.548. The second kappa shape index (κ2) is 1.13. The molecule has 0 spiro atoms. The van der Waals surface area contributed by atoms with Gasteiger partial charge in [0.2, 0.25) is 0 Å². The lowest BCUT2D eigenvalue weighted by Gasteiger charge is -1.97. The number of hydrogen-bond acceptors (Lipinski definition) is 0. The maximum atomic E-state index is 3.45. The van der Waals surface area contributed by atoms with Gasteiger partial charge in [0.15, 0.2) is 0 Å². The summed E-state index contributed by atoms with van der Waals surface area (Å²) in [4.78, 5) is 0. The van der Waals surface area contributed by atoms with Crippen LogP contribution in [0.25, 0.3) is 0 Å². The summed E-state index contributed by atoms with van der Waals surface area (Å²) < 4.78 is 1.39. The topological polar surface area (TPSA) is 0 Å². The summed E-state index contributed by atoms with van der Waals surface area (Å²) in [6.07, 6.45) is 0. The minimum Gasteiger partial charge on any atom is -0.0547 e. The highest BCUT2D eigenvalue weighted by Crippen LogP contribution is 2.54. The van der Waals surface area contributed by atoms with E-state index in [1.165, 1.54) is 10.1 Å². The lowest BCUT2D eigenvalue weighted by molar-refractivity contribution is 0.696. The molecule has 0 aromatic heterocycles. The van der Waals surface area contributed by atoms with Crippen molar-refractivity contribution in [1.29, 1.82) is 0 Å². The Morgan fingerprint density at radius 3 is 1.57 bits per heavy atom. The molecule has 0 fully saturated rings. The molecule has 0 bridgehead atoms. The third-order valence-electron chi connectivity index (χ3n) is 1.75. The van der Waals surface area contributed by atoms with Gasteiger partial charge in [0.25, 0.3) is 0 Å². The summed E-state index contributed by atoms with van der Waals surface area (Å²) in [6, 6.07) is 0. The average Bonchev–Trinajstić information content (AvgIpc) is 1.91. The van der Waals surface area contributed by atoms with Gasteiger partial charge >= 0.3 is 0 Å². The summed E-state index contributed by atoms with van der Waals surface area (Å²) >= 11 is 3.45. The molecule has 1 rings (SSSR count). The van der Waals surface area contributed by atoms with E-state index >= 15 is 0 Å². The van der Waals surface area contributed by atoms with Crippen molar-refractivity contribution in [3.8, 4) is 0 Å². The standard InChI is InChI=1S/C6H9Br/c1-4-5(7)6(4,2)3/h1-3H3. The zero-order valence-corrected chi connectivity index (χ0v) is 6.46. The molecule has 1 aliphatic rings. The largest absolute Gasteiger partial charge is 0.0547 e. The molecule has 0 aromatic rings. The van der Waals surface area contributed by atoms with Crippen LogP contribution in [-0.2, 0) is 0 Å². The summed E-state index contributed by atoms with van der Waals surface area (Å²) in [5.41, 5.74) is 1.91. The SMILES string of the molecule is CC1=C(Br)C1(C)C. The highest BCUT2D eigenvalue weighted by atomic mass is 79.9. The van der Waals surface area contributed by atoms with E-state index in [1.54, 1.807) is 0 Å². The maximum Gasteiger partial charge on any atom is 0.0179 e. The van der Waals surface area contributed by atoms with Gasteiger partial charge in [0, 0.05) is 9.90 Å². The Kier molecular flexibility index (Phi) is 0.869. The first-order valence-corrected chi connectivity index (χ1v) is 3.23. The lowest BCUT2D eigenvalue weighted by atomic mass is 10.1. The Bertz CT molecular complexity index is 117. The van der Waals surface area contributed by atoms with E-state index in [-0.39, 0.29) is 0 Å². The van der Waals surface area contributed by atoms with E-state index in [9.17, 15) is 0 Å². The van der Waals surface area contributed by atoms with Crippen molar-refractivity contribution in [2.45, 2.75) is 20.8 Å². The predicted molar refractivity (Wildman–Crippen MR) is 35.4 cm³/mol. The van der Waals surface area contributed by atoms with Crippen molar-refractivity contribution in [2.75, 3.05) is 0 Å². The Morgan fingerprint density at radius 2 is 1.57 bits per heavy atom. The number of hydrogen-bond donors (Lipinski definition) is 0. The van der Waals surface area contributed by atoms with E-state index in [1.807, 2.05) is 0 Å². The highest BCUT2D eigenvalue weighted by molar-refractivity contribution is 9.12. The van der Waals surface area contributed by atoms with E-state index in [0.29, 0.717) is 5.41 Å². The molecule has 1 aliphatic carbocycles. The Hall–Kier alpha value is 0.220. The van der Waals surface area contributed by atoms with E-state index in [4.69, 9.17) is 0 Å². The van der Waals surface area contributed by atoms with Gasteiger partial charge < -0.3 is 0 Å². The van der Waals surface area contributed by atoms with E-state index in [0.717, 1.165) is 0 Å². The Balaban J connectivity index is 2.69. The van der Waals surface area contributed by atoms with Crippen LogP contribution in [0.5, 0.6) is 0 Å². The van der Waals surface area contributed by atoms with Crippen LogP contribution in [0, 0.1) is 5.41 Å². The average molecular weight is 161 g/mol. The van der Waals surface area contributed by atoms with Crippen molar-refractivity contribution in [3.05, 3.63) is 10.1 Å². The summed E-state index contributed by atoms with van der Waals surface area (Å²) in [7, 11) is 0. The van der Waals surface area contributed by atoms with Crippen molar-refractivity contribution in [3.63, 3.8) is 0 Å². The van der Waals surface area contributed by atoms with Crippen LogP contribution in [0.2, 0.25) is 0 Å². The Morgan fingerprint density at radius 1 is 1.43 bits per heavy atom. The van der Waals surface area contributed by atoms with Crippen molar-refractivity contribution < 1.29 is 0 Å². The normalized spacial score (nSPS) is 25.7.